The summed E-state index contributed by atoms with van der Waals surface area (Å²) in [6.45, 7) is 4.03. The second kappa shape index (κ2) is 6.19. The summed E-state index contributed by atoms with van der Waals surface area (Å²) in [5.74, 6) is -0.139. The number of hydrogen-bond acceptors (Lipinski definition) is 2. The number of carbonyl (C=O) groups is 1. The number of aryl methyl sites for hydroxylation is 1. The smallest absolute Gasteiger partial charge is 0.255 e. The molecule has 1 unspecified atom stereocenters. The standard InChI is InChI=1S/C17H19ClN2O/c1-11-4-6-13(7-5-11)12(2)20(3)17(21)15-10-14(19)8-9-16(15)18/h4-10,12H,19H2,1-3H3. The van der Waals surface area contributed by atoms with Gasteiger partial charge >= 0.3 is 0 Å². The molecule has 0 saturated heterocycles. The van der Waals surface area contributed by atoms with Crippen LogP contribution in [0.4, 0.5) is 5.69 Å². The number of carbonyl (C=O) groups excluding carboxylic acids is 1. The van der Waals surface area contributed by atoms with Crippen LogP contribution >= 0.6 is 11.6 Å². The summed E-state index contributed by atoms with van der Waals surface area (Å²) in [4.78, 5) is 14.3. The van der Waals surface area contributed by atoms with E-state index < -0.39 is 0 Å². The number of nitrogens with two attached hydrogens (primary N) is 1. The first kappa shape index (κ1) is 15.4. The zero-order valence-corrected chi connectivity index (χ0v) is 13.2. The van der Waals surface area contributed by atoms with E-state index in [0.29, 0.717) is 16.3 Å². The van der Waals surface area contributed by atoms with E-state index in [1.165, 1.54) is 5.56 Å². The van der Waals surface area contributed by atoms with Crippen LogP contribution in [0.25, 0.3) is 0 Å². The lowest BCUT2D eigenvalue weighted by molar-refractivity contribution is 0.0743. The van der Waals surface area contributed by atoms with Crippen LogP contribution in [0.2, 0.25) is 5.02 Å². The Labute approximate surface area is 130 Å². The molecule has 2 aromatic carbocycles. The molecule has 0 aliphatic rings. The van der Waals surface area contributed by atoms with Gasteiger partial charge in [-0.3, -0.25) is 4.79 Å². The Morgan fingerprint density at radius 3 is 2.43 bits per heavy atom. The zero-order chi connectivity index (χ0) is 15.6. The van der Waals surface area contributed by atoms with Crippen LogP contribution in [0.3, 0.4) is 0 Å². The maximum atomic E-state index is 12.6. The van der Waals surface area contributed by atoms with Crippen LogP contribution < -0.4 is 5.73 Å². The van der Waals surface area contributed by atoms with Gasteiger partial charge in [0.25, 0.3) is 5.91 Å². The largest absolute Gasteiger partial charge is 0.399 e. The first-order valence-corrected chi connectivity index (χ1v) is 7.16. The van der Waals surface area contributed by atoms with Crippen molar-refractivity contribution in [3.05, 3.63) is 64.2 Å². The highest BCUT2D eigenvalue weighted by atomic mass is 35.5. The Hall–Kier alpha value is -2.00. The van der Waals surface area contributed by atoms with Crippen molar-refractivity contribution in [1.29, 1.82) is 0 Å². The molecule has 0 spiro atoms. The predicted octanol–water partition coefficient (Wildman–Crippen LogP) is 4.06. The molecule has 2 aromatic rings. The summed E-state index contributed by atoms with van der Waals surface area (Å²) in [6.07, 6.45) is 0. The summed E-state index contributed by atoms with van der Waals surface area (Å²) in [6, 6.07) is 13.0. The second-order valence-corrected chi connectivity index (χ2v) is 5.65. The lowest BCUT2D eigenvalue weighted by Crippen LogP contribution is -2.30. The third-order valence-electron chi connectivity index (χ3n) is 3.68. The van der Waals surface area contributed by atoms with Crippen molar-refractivity contribution < 1.29 is 4.79 Å². The molecule has 0 heterocycles. The van der Waals surface area contributed by atoms with Gasteiger partial charge in [-0.2, -0.15) is 0 Å². The van der Waals surface area contributed by atoms with Crippen LogP contribution in [0.1, 0.15) is 34.5 Å². The molecule has 21 heavy (non-hydrogen) atoms. The Morgan fingerprint density at radius 2 is 1.81 bits per heavy atom. The van der Waals surface area contributed by atoms with Crippen LogP contribution in [-0.2, 0) is 0 Å². The van der Waals surface area contributed by atoms with Crippen molar-refractivity contribution in [3.8, 4) is 0 Å². The zero-order valence-electron chi connectivity index (χ0n) is 12.4. The van der Waals surface area contributed by atoms with Crippen molar-refractivity contribution in [1.82, 2.24) is 4.90 Å². The number of anilines is 1. The summed E-state index contributed by atoms with van der Waals surface area (Å²) < 4.78 is 0. The molecule has 0 saturated carbocycles. The summed E-state index contributed by atoms with van der Waals surface area (Å²) >= 11 is 6.10. The van der Waals surface area contributed by atoms with Crippen LogP contribution in [-0.4, -0.2) is 17.9 Å². The van der Waals surface area contributed by atoms with Crippen molar-refractivity contribution >= 4 is 23.2 Å². The van der Waals surface area contributed by atoms with Gasteiger partial charge in [0.1, 0.15) is 0 Å². The molecule has 0 fully saturated rings. The van der Waals surface area contributed by atoms with E-state index >= 15 is 0 Å². The maximum Gasteiger partial charge on any atom is 0.255 e. The number of nitrogen functional groups attached to an aromatic ring is 1. The number of hydrogen-bond donors (Lipinski definition) is 1. The third kappa shape index (κ3) is 3.37. The predicted molar refractivity (Wildman–Crippen MR) is 87.6 cm³/mol. The van der Waals surface area contributed by atoms with Gasteiger partial charge in [0.05, 0.1) is 16.6 Å². The number of nitrogens with zero attached hydrogens (tertiary/aromatic N) is 1. The Morgan fingerprint density at radius 1 is 1.19 bits per heavy atom. The first-order chi connectivity index (χ1) is 9.90. The monoisotopic (exact) mass is 302 g/mol. The third-order valence-corrected chi connectivity index (χ3v) is 4.01. The lowest BCUT2D eigenvalue weighted by atomic mass is 10.0. The quantitative estimate of drug-likeness (QED) is 0.869. The van der Waals surface area contributed by atoms with Gasteiger partial charge in [-0.15, -0.1) is 0 Å². The molecule has 0 bridgehead atoms. The van der Waals surface area contributed by atoms with Crippen LogP contribution in [0.5, 0.6) is 0 Å². The fourth-order valence-corrected chi connectivity index (χ4v) is 2.34. The minimum Gasteiger partial charge on any atom is -0.399 e. The minimum absolute atomic E-state index is 0.0457. The van der Waals surface area contributed by atoms with Gasteiger partial charge in [0.2, 0.25) is 0 Å². The topological polar surface area (TPSA) is 46.3 Å². The fourth-order valence-electron chi connectivity index (χ4n) is 2.14. The Kier molecular flexibility index (Phi) is 4.53. The molecule has 0 aromatic heterocycles. The normalized spacial score (nSPS) is 12.0. The number of rotatable bonds is 3. The van der Waals surface area contributed by atoms with E-state index in [-0.39, 0.29) is 11.9 Å². The SMILES string of the molecule is Cc1ccc(C(C)N(C)C(=O)c2cc(N)ccc2Cl)cc1. The van der Waals surface area contributed by atoms with Gasteiger partial charge in [-0.05, 0) is 37.6 Å². The van der Waals surface area contributed by atoms with Gasteiger partial charge in [0.15, 0.2) is 0 Å². The molecule has 0 aliphatic carbocycles. The number of amides is 1. The van der Waals surface area contributed by atoms with Gasteiger partial charge in [-0.25, -0.2) is 0 Å². The van der Waals surface area contributed by atoms with E-state index in [4.69, 9.17) is 17.3 Å². The summed E-state index contributed by atoms with van der Waals surface area (Å²) in [5, 5.41) is 0.414. The highest BCUT2D eigenvalue weighted by Gasteiger charge is 2.21. The molecular formula is C17H19ClN2O. The molecule has 0 aliphatic heterocycles. The molecule has 4 heteroatoms. The van der Waals surface area contributed by atoms with E-state index in [0.717, 1.165) is 5.56 Å². The maximum absolute atomic E-state index is 12.6. The molecule has 1 atom stereocenters. The lowest BCUT2D eigenvalue weighted by Gasteiger charge is -2.26. The van der Waals surface area contributed by atoms with E-state index in [2.05, 4.69) is 0 Å². The molecular weight excluding hydrogens is 284 g/mol. The van der Waals surface area contributed by atoms with Crippen molar-refractivity contribution in [2.24, 2.45) is 0 Å². The molecule has 0 radical (unpaired) electrons. The molecule has 2 rings (SSSR count). The van der Waals surface area contributed by atoms with Crippen LogP contribution in [0.15, 0.2) is 42.5 Å². The van der Waals surface area contributed by atoms with Crippen molar-refractivity contribution in [3.63, 3.8) is 0 Å². The van der Waals surface area contributed by atoms with Crippen LogP contribution in [0, 0.1) is 6.92 Å². The Balaban J connectivity index is 2.26. The van der Waals surface area contributed by atoms with E-state index in [1.807, 2.05) is 38.1 Å². The molecule has 2 N–H and O–H groups in total. The molecule has 3 nitrogen and oxygen atoms in total. The average Bonchev–Trinajstić information content (AvgIpc) is 2.48. The first-order valence-electron chi connectivity index (χ1n) is 6.79. The van der Waals surface area contributed by atoms with E-state index in [1.54, 1.807) is 30.1 Å². The molecule has 1 amide bonds. The highest BCUT2D eigenvalue weighted by Crippen LogP contribution is 2.25. The van der Waals surface area contributed by atoms with Crippen molar-refractivity contribution in [2.75, 3.05) is 12.8 Å². The Bertz CT molecular complexity index is 652. The number of benzene rings is 2. The minimum atomic E-state index is -0.139. The highest BCUT2D eigenvalue weighted by molar-refractivity contribution is 6.34. The van der Waals surface area contributed by atoms with Gasteiger partial charge < -0.3 is 10.6 Å². The van der Waals surface area contributed by atoms with Crippen molar-refractivity contribution in [2.45, 2.75) is 19.9 Å². The van der Waals surface area contributed by atoms with Gasteiger partial charge in [-0.1, -0.05) is 41.4 Å². The van der Waals surface area contributed by atoms with E-state index in [9.17, 15) is 4.79 Å². The summed E-state index contributed by atoms with van der Waals surface area (Å²) in [7, 11) is 1.77. The summed E-state index contributed by atoms with van der Waals surface area (Å²) in [5.41, 5.74) is 8.97. The second-order valence-electron chi connectivity index (χ2n) is 5.24. The number of halogens is 1. The fraction of sp³-hybridized carbons (Fsp3) is 0.235. The molecule has 110 valence electrons. The average molecular weight is 303 g/mol. The van der Waals surface area contributed by atoms with Gasteiger partial charge in [0, 0.05) is 12.7 Å².